The summed E-state index contributed by atoms with van der Waals surface area (Å²) in [6, 6.07) is 8.25. The molecule has 0 radical (unpaired) electrons. The number of halogens is 1. The lowest BCUT2D eigenvalue weighted by Crippen LogP contribution is -2.38. The number of allylic oxidation sites excluding steroid dienone is 2. The van der Waals surface area contributed by atoms with E-state index >= 15 is 0 Å². The monoisotopic (exact) mass is 403 g/mol. The summed E-state index contributed by atoms with van der Waals surface area (Å²) in [5.74, 6) is 0.570. The predicted octanol–water partition coefficient (Wildman–Crippen LogP) is 4.52. The van der Waals surface area contributed by atoms with Gasteiger partial charge in [-0.25, -0.2) is 14.4 Å². The van der Waals surface area contributed by atoms with E-state index in [9.17, 15) is 4.39 Å². The van der Waals surface area contributed by atoms with Crippen molar-refractivity contribution in [3.05, 3.63) is 84.1 Å². The molecule has 1 aromatic carbocycles. The molecular weight excluding hydrogens is 385 g/mol. The van der Waals surface area contributed by atoms with Gasteiger partial charge in [0.15, 0.2) is 11.3 Å². The minimum absolute atomic E-state index is 0.316. The minimum Gasteiger partial charge on any atom is -0.438 e. The molecule has 1 aliphatic rings. The first-order valence-electron chi connectivity index (χ1n) is 9.38. The maximum Gasteiger partial charge on any atom is 0.299 e. The van der Waals surface area contributed by atoms with Gasteiger partial charge in [0, 0.05) is 36.1 Å². The highest BCUT2D eigenvalue weighted by Crippen LogP contribution is 2.35. The van der Waals surface area contributed by atoms with Crippen molar-refractivity contribution in [1.82, 2.24) is 15.0 Å². The van der Waals surface area contributed by atoms with Gasteiger partial charge in [-0.3, -0.25) is 4.98 Å². The molecule has 0 saturated carbocycles. The fourth-order valence-corrected chi connectivity index (χ4v) is 3.37. The number of hydrogen-bond donors (Lipinski definition) is 2. The van der Waals surface area contributed by atoms with Gasteiger partial charge in [0.2, 0.25) is 5.89 Å². The van der Waals surface area contributed by atoms with Crippen LogP contribution in [0.25, 0.3) is 22.4 Å². The average Bonchev–Trinajstić information content (AvgIpc) is 3.39. The Balaban J connectivity index is 1.41. The fourth-order valence-electron chi connectivity index (χ4n) is 3.37. The molecule has 1 aliphatic carbocycles. The second-order valence-electron chi connectivity index (χ2n) is 7.23. The van der Waals surface area contributed by atoms with Gasteiger partial charge in [-0.05, 0) is 36.8 Å². The number of benzene rings is 1. The third kappa shape index (κ3) is 3.27. The Bertz CT molecular complexity index is 1290. The third-order valence-electron chi connectivity index (χ3n) is 5.05. The average molecular weight is 403 g/mol. The lowest BCUT2D eigenvalue weighted by Gasteiger charge is -2.28. The summed E-state index contributed by atoms with van der Waals surface area (Å²) in [7, 11) is 0. The summed E-state index contributed by atoms with van der Waals surface area (Å²) in [5, 5.41) is 3.21. The van der Waals surface area contributed by atoms with Gasteiger partial charge in [-0.15, -0.1) is 0 Å². The topological polar surface area (TPSA) is 103 Å². The van der Waals surface area contributed by atoms with Crippen LogP contribution >= 0.6 is 0 Å². The standard InChI is InChI=1S/C22H18FN5O2/c1-13-4-7-22(24,20-27-16-10-15(23)2-3-18(16)29-20)11-17(13)28-21-26-12-19(30-21)14-5-8-25-9-6-14/h2-10,12H,11,24H2,1H3,(H,26,28). The van der Waals surface area contributed by atoms with Gasteiger partial charge in [-0.1, -0.05) is 12.2 Å². The minimum atomic E-state index is -0.988. The Morgan fingerprint density at radius 1 is 1.17 bits per heavy atom. The zero-order valence-corrected chi connectivity index (χ0v) is 16.1. The number of oxazole rings is 2. The Hall–Kier alpha value is -3.78. The van der Waals surface area contributed by atoms with Gasteiger partial charge >= 0.3 is 0 Å². The molecule has 3 heterocycles. The summed E-state index contributed by atoms with van der Waals surface area (Å²) in [6.07, 6.45) is 9.16. The molecule has 150 valence electrons. The zero-order valence-electron chi connectivity index (χ0n) is 16.1. The molecule has 0 amide bonds. The number of nitrogens with one attached hydrogen (secondary N) is 1. The van der Waals surface area contributed by atoms with E-state index in [1.807, 2.05) is 31.2 Å². The van der Waals surface area contributed by atoms with Crippen LogP contribution in [-0.4, -0.2) is 15.0 Å². The molecule has 3 N–H and O–H groups in total. The maximum absolute atomic E-state index is 13.5. The first-order chi connectivity index (χ1) is 14.5. The molecule has 0 aliphatic heterocycles. The van der Waals surface area contributed by atoms with E-state index in [-0.39, 0.29) is 5.82 Å². The quantitative estimate of drug-likeness (QED) is 0.516. The van der Waals surface area contributed by atoms with Gasteiger partial charge in [0.25, 0.3) is 6.01 Å². The Morgan fingerprint density at radius 3 is 2.83 bits per heavy atom. The van der Waals surface area contributed by atoms with Crippen molar-refractivity contribution in [3.8, 4) is 11.3 Å². The van der Waals surface area contributed by atoms with Crippen molar-refractivity contribution in [2.45, 2.75) is 18.9 Å². The van der Waals surface area contributed by atoms with Gasteiger partial charge < -0.3 is 19.9 Å². The van der Waals surface area contributed by atoms with Crippen LogP contribution in [0.2, 0.25) is 0 Å². The van der Waals surface area contributed by atoms with Crippen molar-refractivity contribution in [1.29, 1.82) is 0 Å². The number of nitrogens with zero attached hydrogens (tertiary/aromatic N) is 3. The van der Waals surface area contributed by atoms with E-state index in [2.05, 4.69) is 20.3 Å². The highest BCUT2D eigenvalue weighted by molar-refractivity contribution is 5.72. The van der Waals surface area contributed by atoms with Crippen LogP contribution in [0.5, 0.6) is 0 Å². The third-order valence-corrected chi connectivity index (χ3v) is 5.05. The van der Waals surface area contributed by atoms with Crippen molar-refractivity contribution in [2.75, 3.05) is 5.32 Å². The zero-order chi connectivity index (χ0) is 20.7. The normalized spacial score (nSPS) is 18.9. The van der Waals surface area contributed by atoms with Crippen LogP contribution in [0, 0.1) is 5.82 Å². The van der Waals surface area contributed by atoms with Gasteiger partial charge in [-0.2, -0.15) is 0 Å². The summed E-state index contributed by atoms with van der Waals surface area (Å²) in [5.41, 5.74) is 9.24. The predicted molar refractivity (Wildman–Crippen MR) is 110 cm³/mol. The van der Waals surface area contributed by atoms with E-state index in [1.165, 1.54) is 12.1 Å². The molecular formula is C22H18FN5O2. The molecule has 0 saturated heterocycles. The molecule has 8 heteroatoms. The molecule has 3 aromatic heterocycles. The number of anilines is 1. The molecule has 1 unspecified atom stereocenters. The number of fused-ring (bicyclic) bond motifs is 1. The lowest BCUT2D eigenvalue weighted by atomic mass is 9.87. The summed E-state index contributed by atoms with van der Waals surface area (Å²) in [4.78, 5) is 12.7. The van der Waals surface area contributed by atoms with Crippen LogP contribution in [0.4, 0.5) is 10.4 Å². The highest BCUT2D eigenvalue weighted by atomic mass is 19.1. The highest BCUT2D eigenvalue weighted by Gasteiger charge is 2.34. The van der Waals surface area contributed by atoms with Crippen molar-refractivity contribution in [3.63, 3.8) is 0 Å². The number of nitrogens with two attached hydrogens (primary N) is 1. The van der Waals surface area contributed by atoms with Crippen LogP contribution in [0.15, 0.2) is 81.2 Å². The number of pyridine rings is 1. The maximum atomic E-state index is 13.5. The lowest BCUT2D eigenvalue weighted by molar-refractivity contribution is 0.396. The number of hydrogen-bond acceptors (Lipinski definition) is 7. The second kappa shape index (κ2) is 6.93. The molecule has 4 aromatic rings. The molecule has 7 nitrogen and oxygen atoms in total. The summed E-state index contributed by atoms with van der Waals surface area (Å²) < 4.78 is 25.1. The van der Waals surface area contributed by atoms with Crippen LogP contribution in [-0.2, 0) is 5.54 Å². The molecule has 0 spiro atoms. The molecule has 1 atom stereocenters. The van der Waals surface area contributed by atoms with Gasteiger partial charge in [0.05, 0.1) is 6.20 Å². The fraction of sp³-hybridized carbons (Fsp3) is 0.136. The molecule has 0 fully saturated rings. The van der Waals surface area contributed by atoms with Crippen LogP contribution in [0.3, 0.4) is 0 Å². The van der Waals surface area contributed by atoms with Gasteiger partial charge in [0.1, 0.15) is 16.9 Å². The largest absolute Gasteiger partial charge is 0.438 e. The molecule has 0 bridgehead atoms. The Morgan fingerprint density at radius 2 is 2.00 bits per heavy atom. The second-order valence-corrected chi connectivity index (χ2v) is 7.23. The summed E-state index contributed by atoms with van der Waals surface area (Å²) in [6.45, 7) is 1.96. The van der Waals surface area contributed by atoms with Crippen molar-refractivity contribution >= 4 is 17.1 Å². The van der Waals surface area contributed by atoms with E-state index in [0.29, 0.717) is 35.2 Å². The first-order valence-corrected chi connectivity index (χ1v) is 9.38. The summed E-state index contributed by atoms with van der Waals surface area (Å²) >= 11 is 0. The first kappa shape index (κ1) is 18.3. The Labute approximate surface area is 171 Å². The van der Waals surface area contributed by atoms with Crippen molar-refractivity contribution in [2.24, 2.45) is 5.73 Å². The van der Waals surface area contributed by atoms with E-state index in [1.54, 1.807) is 24.7 Å². The van der Waals surface area contributed by atoms with Crippen LogP contribution < -0.4 is 11.1 Å². The number of rotatable bonds is 4. The number of aromatic nitrogens is 3. The van der Waals surface area contributed by atoms with Crippen LogP contribution in [0.1, 0.15) is 19.2 Å². The SMILES string of the molecule is CC1=C(Nc2ncc(-c3ccncc3)o2)CC(N)(c2nc3cc(F)ccc3o2)C=C1. The van der Waals surface area contributed by atoms with Crippen molar-refractivity contribution < 1.29 is 13.2 Å². The van der Waals surface area contributed by atoms with E-state index in [0.717, 1.165) is 16.8 Å². The van der Waals surface area contributed by atoms with E-state index in [4.69, 9.17) is 14.6 Å². The smallest absolute Gasteiger partial charge is 0.299 e. The Kier molecular flexibility index (Phi) is 4.22. The molecule has 5 rings (SSSR count). The van der Waals surface area contributed by atoms with E-state index < -0.39 is 5.54 Å². The molecule has 30 heavy (non-hydrogen) atoms.